The predicted molar refractivity (Wildman–Crippen MR) is 68.4 cm³/mol. The molecular formula is C12H12BrN3. The Morgan fingerprint density at radius 2 is 1.81 bits per heavy atom. The van der Waals surface area contributed by atoms with Crippen LogP contribution in [0, 0.1) is 0 Å². The lowest BCUT2D eigenvalue weighted by Gasteiger charge is -2.07. The first-order valence-corrected chi connectivity index (χ1v) is 5.88. The molecule has 0 aromatic carbocycles. The summed E-state index contributed by atoms with van der Waals surface area (Å²) in [6.45, 7) is 0.895. The minimum atomic E-state index is 0.895. The molecule has 0 bridgehead atoms. The zero-order chi connectivity index (χ0) is 11.2. The molecule has 1 N–H and O–H groups in total. The molecule has 82 valence electrons. The van der Waals surface area contributed by atoms with Crippen molar-refractivity contribution in [3.63, 3.8) is 0 Å². The molecule has 0 aliphatic carbocycles. The molecule has 0 spiro atoms. The number of nitrogens with one attached hydrogen (secondary N) is 1. The third-order valence-electron chi connectivity index (χ3n) is 2.25. The molecular weight excluding hydrogens is 266 g/mol. The first-order chi connectivity index (χ1) is 7.86. The summed E-state index contributed by atoms with van der Waals surface area (Å²) in [5, 5.41) is 3.35. The molecule has 0 radical (unpaired) electrons. The highest BCUT2D eigenvalue weighted by Crippen LogP contribution is 2.19. The highest BCUT2D eigenvalue weighted by Gasteiger charge is 1.97. The van der Waals surface area contributed by atoms with E-state index < -0.39 is 0 Å². The van der Waals surface area contributed by atoms with E-state index in [1.165, 1.54) is 5.56 Å². The van der Waals surface area contributed by atoms with Gasteiger partial charge in [-0.15, -0.1) is 0 Å². The third kappa shape index (κ3) is 3.03. The van der Waals surface area contributed by atoms with Gasteiger partial charge in [0.25, 0.3) is 0 Å². The molecule has 0 saturated carbocycles. The number of aromatic nitrogens is 2. The predicted octanol–water partition coefficient (Wildman–Crippen LogP) is 2.89. The van der Waals surface area contributed by atoms with E-state index in [0.29, 0.717) is 0 Å². The van der Waals surface area contributed by atoms with Crippen molar-refractivity contribution >= 4 is 21.6 Å². The van der Waals surface area contributed by atoms with Gasteiger partial charge in [-0.3, -0.25) is 9.97 Å². The SMILES string of the molecule is Brc1cnccc1NCCc1ccncc1. The first-order valence-electron chi connectivity index (χ1n) is 5.08. The maximum Gasteiger partial charge on any atom is 0.0590 e. The molecule has 0 amide bonds. The van der Waals surface area contributed by atoms with Crippen molar-refractivity contribution in [2.75, 3.05) is 11.9 Å². The molecule has 2 aromatic heterocycles. The molecule has 0 atom stereocenters. The fraction of sp³-hybridized carbons (Fsp3) is 0.167. The lowest BCUT2D eigenvalue weighted by molar-refractivity contribution is 1.01. The minimum absolute atomic E-state index is 0.895. The van der Waals surface area contributed by atoms with Crippen molar-refractivity contribution in [3.8, 4) is 0 Å². The molecule has 0 saturated heterocycles. The summed E-state index contributed by atoms with van der Waals surface area (Å²) >= 11 is 3.45. The van der Waals surface area contributed by atoms with Gasteiger partial charge in [0.2, 0.25) is 0 Å². The second-order valence-corrected chi connectivity index (χ2v) is 4.24. The molecule has 2 heterocycles. The largest absolute Gasteiger partial charge is 0.384 e. The monoisotopic (exact) mass is 277 g/mol. The van der Waals surface area contributed by atoms with E-state index in [-0.39, 0.29) is 0 Å². The van der Waals surface area contributed by atoms with Crippen molar-refractivity contribution in [2.24, 2.45) is 0 Å². The Morgan fingerprint density at radius 1 is 1.06 bits per heavy atom. The van der Waals surface area contributed by atoms with E-state index >= 15 is 0 Å². The van der Waals surface area contributed by atoms with Crippen molar-refractivity contribution in [1.29, 1.82) is 0 Å². The molecule has 3 nitrogen and oxygen atoms in total. The molecule has 4 heteroatoms. The number of nitrogens with zero attached hydrogens (tertiary/aromatic N) is 2. The first kappa shape index (κ1) is 11.1. The summed E-state index contributed by atoms with van der Waals surface area (Å²) in [5.74, 6) is 0. The lowest BCUT2D eigenvalue weighted by atomic mass is 10.2. The van der Waals surface area contributed by atoms with E-state index in [0.717, 1.165) is 23.1 Å². The lowest BCUT2D eigenvalue weighted by Crippen LogP contribution is -2.05. The van der Waals surface area contributed by atoms with Crippen LogP contribution in [0.2, 0.25) is 0 Å². The smallest absolute Gasteiger partial charge is 0.0590 e. The number of halogens is 1. The molecule has 0 aliphatic heterocycles. The van der Waals surface area contributed by atoms with Crippen LogP contribution < -0.4 is 5.32 Å². The van der Waals surface area contributed by atoms with Crippen LogP contribution in [0.25, 0.3) is 0 Å². The Bertz CT molecular complexity index is 445. The van der Waals surface area contributed by atoms with Gasteiger partial charge in [0, 0.05) is 31.3 Å². The van der Waals surface area contributed by atoms with Gasteiger partial charge in [-0.05, 0) is 46.1 Å². The fourth-order valence-corrected chi connectivity index (χ4v) is 1.80. The third-order valence-corrected chi connectivity index (χ3v) is 2.88. The summed E-state index contributed by atoms with van der Waals surface area (Å²) in [5.41, 5.74) is 2.36. The molecule has 2 rings (SSSR count). The van der Waals surface area contributed by atoms with E-state index in [4.69, 9.17) is 0 Å². The summed E-state index contributed by atoms with van der Waals surface area (Å²) in [4.78, 5) is 8.01. The van der Waals surface area contributed by atoms with Crippen LogP contribution in [0.4, 0.5) is 5.69 Å². The second-order valence-electron chi connectivity index (χ2n) is 3.39. The van der Waals surface area contributed by atoms with Crippen LogP contribution in [0.3, 0.4) is 0 Å². The average Bonchev–Trinajstić information content (AvgIpc) is 2.33. The van der Waals surface area contributed by atoms with Gasteiger partial charge in [-0.2, -0.15) is 0 Å². The van der Waals surface area contributed by atoms with Crippen LogP contribution in [0.5, 0.6) is 0 Å². The Balaban J connectivity index is 1.87. The van der Waals surface area contributed by atoms with Gasteiger partial charge in [0.05, 0.1) is 10.2 Å². The molecule has 0 unspecified atom stereocenters. The van der Waals surface area contributed by atoms with Gasteiger partial charge in [-0.1, -0.05) is 0 Å². The summed E-state index contributed by atoms with van der Waals surface area (Å²) in [6, 6.07) is 6.02. The normalized spacial score (nSPS) is 10.1. The van der Waals surface area contributed by atoms with Crippen LogP contribution >= 0.6 is 15.9 Å². The average molecular weight is 278 g/mol. The zero-order valence-corrected chi connectivity index (χ0v) is 10.3. The van der Waals surface area contributed by atoms with Crippen molar-refractivity contribution in [1.82, 2.24) is 9.97 Å². The van der Waals surface area contributed by atoms with Gasteiger partial charge < -0.3 is 5.32 Å². The van der Waals surface area contributed by atoms with Crippen LogP contribution in [-0.4, -0.2) is 16.5 Å². The zero-order valence-electron chi connectivity index (χ0n) is 8.73. The highest BCUT2D eigenvalue weighted by molar-refractivity contribution is 9.10. The van der Waals surface area contributed by atoms with Crippen molar-refractivity contribution < 1.29 is 0 Å². The van der Waals surface area contributed by atoms with Gasteiger partial charge >= 0.3 is 0 Å². The van der Waals surface area contributed by atoms with Gasteiger partial charge in [0.1, 0.15) is 0 Å². The Labute approximate surface area is 103 Å². The summed E-state index contributed by atoms with van der Waals surface area (Å²) < 4.78 is 0.990. The van der Waals surface area contributed by atoms with Crippen molar-refractivity contribution in [2.45, 2.75) is 6.42 Å². The van der Waals surface area contributed by atoms with Crippen LogP contribution in [-0.2, 0) is 6.42 Å². The Morgan fingerprint density at radius 3 is 2.56 bits per heavy atom. The number of pyridine rings is 2. The van der Waals surface area contributed by atoms with E-state index in [2.05, 4.69) is 31.2 Å². The Kier molecular flexibility index (Phi) is 3.88. The summed E-state index contributed by atoms with van der Waals surface area (Å²) in [6.07, 6.45) is 8.18. The molecule has 0 aliphatic rings. The topological polar surface area (TPSA) is 37.8 Å². The second kappa shape index (κ2) is 5.61. The van der Waals surface area contributed by atoms with Crippen LogP contribution in [0.15, 0.2) is 47.5 Å². The number of anilines is 1. The van der Waals surface area contributed by atoms with Gasteiger partial charge in [0.15, 0.2) is 0 Å². The van der Waals surface area contributed by atoms with E-state index in [1.807, 2.05) is 30.6 Å². The number of hydrogen-bond acceptors (Lipinski definition) is 3. The maximum atomic E-state index is 4.02. The molecule has 2 aromatic rings. The van der Waals surface area contributed by atoms with E-state index in [9.17, 15) is 0 Å². The van der Waals surface area contributed by atoms with Crippen molar-refractivity contribution in [3.05, 3.63) is 53.0 Å². The standard InChI is InChI=1S/C12H12BrN3/c13-11-9-15-7-4-12(11)16-8-3-10-1-5-14-6-2-10/h1-2,4-7,9H,3,8H2,(H,15,16). The molecule has 16 heavy (non-hydrogen) atoms. The quantitative estimate of drug-likeness (QED) is 0.934. The van der Waals surface area contributed by atoms with E-state index in [1.54, 1.807) is 12.4 Å². The van der Waals surface area contributed by atoms with Gasteiger partial charge in [-0.25, -0.2) is 0 Å². The fourth-order valence-electron chi connectivity index (χ4n) is 1.41. The maximum absolute atomic E-state index is 4.02. The summed E-state index contributed by atoms with van der Waals surface area (Å²) in [7, 11) is 0. The number of rotatable bonds is 4. The molecule has 0 fully saturated rings. The highest BCUT2D eigenvalue weighted by atomic mass is 79.9. The minimum Gasteiger partial charge on any atom is -0.384 e. The Hall–Kier alpha value is -1.42. The number of hydrogen-bond donors (Lipinski definition) is 1. The van der Waals surface area contributed by atoms with Crippen LogP contribution in [0.1, 0.15) is 5.56 Å².